The Morgan fingerprint density at radius 1 is 1.23 bits per heavy atom. The second-order valence-corrected chi connectivity index (χ2v) is 8.61. The van der Waals surface area contributed by atoms with Gasteiger partial charge in [0.1, 0.15) is 0 Å². The van der Waals surface area contributed by atoms with E-state index in [-0.39, 0.29) is 17.8 Å². The van der Waals surface area contributed by atoms with E-state index in [2.05, 4.69) is 9.71 Å². The summed E-state index contributed by atoms with van der Waals surface area (Å²) in [6.45, 7) is 1.96. The molecule has 1 saturated carbocycles. The van der Waals surface area contributed by atoms with E-state index >= 15 is 0 Å². The van der Waals surface area contributed by atoms with E-state index in [1.807, 2.05) is 37.3 Å². The van der Waals surface area contributed by atoms with E-state index in [1.165, 1.54) is 7.11 Å². The van der Waals surface area contributed by atoms with Gasteiger partial charge in [-0.25, -0.2) is 18.1 Å². The van der Waals surface area contributed by atoms with Gasteiger partial charge in [-0.15, -0.1) is 0 Å². The van der Waals surface area contributed by atoms with Crippen molar-refractivity contribution < 1.29 is 18.3 Å². The average Bonchev–Trinajstić information content (AvgIpc) is 2.59. The number of nitrogens with zero attached hydrogens (tertiary/aromatic N) is 1. The van der Waals surface area contributed by atoms with Crippen LogP contribution in [0.5, 0.6) is 5.88 Å². The van der Waals surface area contributed by atoms with Crippen molar-refractivity contribution in [3.63, 3.8) is 0 Å². The first kappa shape index (κ1) is 18.8. The summed E-state index contributed by atoms with van der Waals surface area (Å²) in [5.41, 5.74) is 2.60. The lowest BCUT2D eigenvalue weighted by Crippen LogP contribution is -2.41. The van der Waals surface area contributed by atoms with Crippen LogP contribution in [0.25, 0.3) is 0 Å². The fraction of sp³-hybridized carbons (Fsp3) is 0.421. The molecule has 0 saturated heterocycles. The van der Waals surface area contributed by atoms with Gasteiger partial charge in [0.15, 0.2) is 0 Å². The predicted octanol–water partition coefficient (Wildman–Crippen LogP) is 2.33. The van der Waals surface area contributed by atoms with Crippen molar-refractivity contribution in [2.24, 2.45) is 5.92 Å². The first-order valence-corrected chi connectivity index (χ1v) is 10.2. The standard InChI is InChI=1S/C19H24N2O4S/c1-13-3-5-14(6-4-13)12-26(23,24)21-19(16-9-17(22)10-16)15-7-8-18(25-2)20-11-15/h3-8,11,16-17,19,21-22H,9-10,12H2,1-2H3. The van der Waals surface area contributed by atoms with Crippen LogP contribution in [0.15, 0.2) is 42.6 Å². The Morgan fingerprint density at radius 3 is 2.46 bits per heavy atom. The maximum absolute atomic E-state index is 12.7. The molecule has 1 fully saturated rings. The largest absolute Gasteiger partial charge is 0.481 e. The van der Waals surface area contributed by atoms with Gasteiger partial charge in [-0.05, 0) is 36.8 Å². The van der Waals surface area contributed by atoms with Crippen molar-refractivity contribution in [2.75, 3.05) is 7.11 Å². The van der Waals surface area contributed by atoms with Crippen molar-refractivity contribution in [3.8, 4) is 5.88 Å². The Kier molecular flexibility index (Phi) is 5.60. The quantitative estimate of drug-likeness (QED) is 0.774. The third kappa shape index (κ3) is 4.60. The third-order valence-electron chi connectivity index (χ3n) is 4.73. The third-order valence-corrected chi connectivity index (χ3v) is 6.06. The minimum Gasteiger partial charge on any atom is -0.481 e. The number of benzene rings is 1. The monoisotopic (exact) mass is 376 g/mol. The molecular weight excluding hydrogens is 352 g/mol. The van der Waals surface area contributed by atoms with E-state index in [0.29, 0.717) is 18.7 Å². The van der Waals surface area contributed by atoms with Gasteiger partial charge in [0.25, 0.3) is 0 Å². The Bertz CT molecular complexity index is 829. The zero-order valence-corrected chi connectivity index (χ0v) is 15.7. The Labute approximate surface area is 154 Å². The molecule has 0 radical (unpaired) electrons. The number of aromatic nitrogens is 1. The average molecular weight is 376 g/mol. The molecule has 0 amide bonds. The highest BCUT2D eigenvalue weighted by atomic mass is 32.2. The number of aliphatic hydroxyl groups is 1. The van der Waals surface area contributed by atoms with Gasteiger partial charge in [-0.1, -0.05) is 35.9 Å². The van der Waals surface area contributed by atoms with Crippen molar-refractivity contribution in [2.45, 2.75) is 37.7 Å². The van der Waals surface area contributed by atoms with E-state index in [1.54, 1.807) is 12.3 Å². The topological polar surface area (TPSA) is 88.5 Å². The molecule has 1 aromatic carbocycles. The Hall–Kier alpha value is -1.96. The summed E-state index contributed by atoms with van der Waals surface area (Å²) >= 11 is 0. The van der Waals surface area contributed by atoms with Crippen LogP contribution >= 0.6 is 0 Å². The van der Waals surface area contributed by atoms with E-state index in [9.17, 15) is 13.5 Å². The highest BCUT2D eigenvalue weighted by Crippen LogP contribution is 2.38. The molecule has 26 heavy (non-hydrogen) atoms. The predicted molar refractivity (Wildman–Crippen MR) is 99.2 cm³/mol. The summed E-state index contributed by atoms with van der Waals surface area (Å²) in [4.78, 5) is 4.18. The maximum Gasteiger partial charge on any atom is 0.216 e. The molecule has 1 heterocycles. The summed E-state index contributed by atoms with van der Waals surface area (Å²) in [5.74, 6) is 0.444. The lowest BCUT2D eigenvalue weighted by atomic mass is 9.76. The van der Waals surface area contributed by atoms with Crippen molar-refractivity contribution in [1.82, 2.24) is 9.71 Å². The SMILES string of the molecule is COc1ccc(C(NS(=O)(=O)Cc2ccc(C)cc2)C2CC(O)C2)cn1. The van der Waals surface area contributed by atoms with Crippen LogP contribution in [-0.4, -0.2) is 31.7 Å². The second kappa shape index (κ2) is 7.73. The highest BCUT2D eigenvalue weighted by Gasteiger charge is 2.37. The second-order valence-electron chi connectivity index (χ2n) is 6.86. The molecule has 1 aliphatic carbocycles. The van der Waals surface area contributed by atoms with E-state index in [0.717, 1.165) is 16.7 Å². The van der Waals surface area contributed by atoms with Crippen LogP contribution in [0.1, 0.15) is 35.6 Å². The summed E-state index contributed by atoms with van der Waals surface area (Å²) < 4.78 is 33.3. The molecule has 3 rings (SSSR count). The number of rotatable bonds is 7. The first-order valence-electron chi connectivity index (χ1n) is 8.60. The number of aliphatic hydroxyl groups excluding tert-OH is 1. The lowest BCUT2D eigenvalue weighted by molar-refractivity contribution is 0.0279. The fourth-order valence-electron chi connectivity index (χ4n) is 3.17. The van der Waals surface area contributed by atoms with Crippen LogP contribution in [0.4, 0.5) is 0 Å². The Morgan fingerprint density at radius 2 is 1.92 bits per heavy atom. The number of nitrogens with one attached hydrogen (secondary N) is 1. The maximum atomic E-state index is 12.7. The van der Waals surface area contributed by atoms with Gasteiger partial charge < -0.3 is 9.84 Å². The zero-order valence-electron chi connectivity index (χ0n) is 14.9. The van der Waals surface area contributed by atoms with Crippen LogP contribution in [0.3, 0.4) is 0 Å². The molecule has 2 aromatic rings. The molecule has 1 aliphatic rings. The molecule has 6 nitrogen and oxygen atoms in total. The number of pyridine rings is 1. The van der Waals surface area contributed by atoms with Gasteiger partial charge in [-0.3, -0.25) is 0 Å². The first-order chi connectivity index (χ1) is 12.4. The van der Waals surface area contributed by atoms with Crippen LogP contribution in [0, 0.1) is 12.8 Å². The van der Waals surface area contributed by atoms with Gasteiger partial charge in [0.2, 0.25) is 15.9 Å². The molecule has 1 atom stereocenters. The van der Waals surface area contributed by atoms with Gasteiger partial charge in [0, 0.05) is 12.3 Å². The summed E-state index contributed by atoms with van der Waals surface area (Å²) in [6, 6.07) is 10.6. The van der Waals surface area contributed by atoms with Gasteiger partial charge in [0.05, 0.1) is 25.0 Å². The molecule has 0 bridgehead atoms. The smallest absolute Gasteiger partial charge is 0.216 e. The van der Waals surface area contributed by atoms with E-state index in [4.69, 9.17) is 4.74 Å². The number of ether oxygens (including phenoxy) is 1. The minimum atomic E-state index is -3.54. The van der Waals surface area contributed by atoms with Gasteiger partial charge >= 0.3 is 0 Å². The molecular formula is C19H24N2O4S. The number of methoxy groups -OCH3 is 1. The number of sulfonamides is 1. The number of hydrogen-bond acceptors (Lipinski definition) is 5. The zero-order chi connectivity index (χ0) is 18.7. The number of hydrogen-bond donors (Lipinski definition) is 2. The molecule has 140 valence electrons. The number of aryl methyl sites for hydroxylation is 1. The molecule has 7 heteroatoms. The van der Waals surface area contributed by atoms with Crippen LogP contribution < -0.4 is 9.46 Å². The summed E-state index contributed by atoms with van der Waals surface area (Å²) in [5, 5.41) is 9.64. The molecule has 0 spiro atoms. The Balaban J connectivity index is 1.78. The van der Waals surface area contributed by atoms with Crippen molar-refractivity contribution in [1.29, 1.82) is 0 Å². The van der Waals surface area contributed by atoms with Crippen LogP contribution in [-0.2, 0) is 15.8 Å². The van der Waals surface area contributed by atoms with Crippen molar-refractivity contribution in [3.05, 3.63) is 59.3 Å². The minimum absolute atomic E-state index is 0.0491. The van der Waals surface area contributed by atoms with E-state index < -0.39 is 16.1 Å². The molecule has 2 N–H and O–H groups in total. The fourth-order valence-corrected chi connectivity index (χ4v) is 4.60. The molecule has 0 aliphatic heterocycles. The lowest BCUT2D eigenvalue weighted by Gasteiger charge is -2.38. The summed E-state index contributed by atoms with van der Waals surface area (Å²) in [6.07, 6.45) is 2.41. The van der Waals surface area contributed by atoms with Gasteiger partial charge in [-0.2, -0.15) is 0 Å². The highest BCUT2D eigenvalue weighted by molar-refractivity contribution is 7.88. The summed E-state index contributed by atoms with van der Waals surface area (Å²) in [7, 11) is -2.01. The van der Waals surface area contributed by atoms with Crippen molar-refractivity contribution >= 4 is 10.0 Å². The van der Waals surface area contributed by atoms with Crippen LogP contribution in [0.2, 0.25) is 0 Å². The normalized spacial score (nSPS) is 21.0. The molecule has 1 aromatic heterocycles. The molecule has 1 unspecified atom stereocenters.